The lowest BCUT2D eigenvalue weighted by Gasteiger charge is -2.21. The maximum atomic E-state index is 13.6. The molecule has 38 heavy (non-hydrogen) atoms. The number of hydrogen-bond acceptors (Lipinski definition) is 5. The second kappa shape index (κ2) is 13.8. The minimum Gasteiger partial charge on any atom is -0.493 e. The van der Waals surface area contributed by atoms with E-state index in [2.05, 4.69) is 27.8 Å². The quantitative estimate of drug-likeness (QED) is 0.224. The summed E-state index contributed by atoms with van der Waals surface area (Å²) in [6.07, 6.45) is 5.40. The van der Waals surface area contributed by atoms with E-state index in [4.69, 9.17) is 9.47 Å². The van der Waals surface area contributed by atoms with Gasteiger partial charge in [0.05, 0.1) is 19.1 Å². The van der Waals surface area contributed by atoms with Gasteiger partial charge in [-0.3, -0.25) is 9.78 Å². The normalized spacial score (nSPS) is 11.5. The van der Waals surface area contributed by atoms with Crippen molar-refractivity contribution in [3.05, 3.63) is 102 Å². The summed E-state index contributed by atoms with van der Waals surface area (Å²) in [7, 11) is 0. The van der Waals surface area contributed by atoms with Crippen molar-refractivity contribution >= 4 is 28.5 Å². The molecule has 1 aromatic heterocycles. The molecular formula is C31H33N3O4. The van der Waals surface area contributed by atoms with Gasteiger partial charge in [-0.25, -0.2) is 4.79 Å². The predicted molar refractivity (Wildman–Crippen MR) is 149 cm³/mol. The molecule has 0 saturated heterocycles. The zero-order valence-corrected chi connectivity index (χ0v) is 21.6. The van der Waals surface area contributed by atoms with Crippen molar-refractivity contribution < 1.29 is 19.1 Å². The molecule has 0 saturated carbocycles. The first-order valence-corrected chi connectivity index (χ1v) is 12.9. The van der Waals surface area contributed by atoms with Gasteiger partial charge >= 0.3 is 6.09 Å². The number of carbonyl (C=O) groups excluding carboxylic acids is 2. The standard InChI is InChI=1S/C31H33N3O4/c1-2-3-18-38-31(36)33-22-28(30(35)34-26-14-13-25-21-32-17-15-24(25)20-26)27-11-7-8-12-29(27)37-19-16-23-9-5-4-6-10-23/h4-15,17,20-21,28H,2-3,16,18-19,22H2,1H3,(H,33,36)(H,34,35). The van der Waals surface area contributed by atoms with E-state index >= 15 is 0 Å². The number of nitrogens with zero attached hydrogens (tertiary/aromatic N) is 1. The first-order valence-electron chi connectivity index (χ1n) is 12.9. The zero-order chi connectivity index (χ0) is 26.6. The summed E-state index contributed by atoms with van der Waals surface area (Å²) in [4.78, 5) is 30.0. The van der Waals surface area contributed by atoms with Gasteiger partial charge in [-0.2, -0.15) is 0 Å². The average Bonchev–Trinajstić information content (AvgIpc) is 2.94. The van der Waals surface area contributed by atoms with Gasteiger partial charge in [0.1, 0.15) is 5.75 Å². The zero-order valence-electron chi connectivity index (χ0n) is 21.6. The number of alkyl carbamates (subject to hydrolysis) is 1. The van der Waals surface area contributed by atoms with E-state index in [9.17, 15) is 9.59 Å². The number of nitrogens with one attached hydrogen (secondary N) is 2. The van der Waals surface area contributed by atoms with E-state index in [1.165, 1.54) is 5.56 Å². The summed E-state index contributed by atoms with van der Waals surface area (Å²) in [5.41, 5.74) is 2.52. The van der Waals surface area contributed by atoms with Crippen LogP contribution in [0.1, 0.15) is 36.8 Å². The fourth-order valence-electron chi connectivity index (χ4n) is 4.10. The Morgan fingerprint density at radius 2 is 1.74 bits per heavy atom. The Morgan fingerprint density at radius 3 is 2.58 bits per heavy atom. The molecule has 4 rings (SSSR count). The molecule has 0 aliphatic heterocycles. The van der Waals surface area contributed by atoms with Crippen LogP contribution in [0.5, 0.6) is 5.75 Å². The largest absolute Gasteiger partial charge is 0.493 e. The molecule has 7 nitrogen and oxygen atoms in total. The number of rotatable bonds is 12. The van der Waals surface area contributed by atoms with Crippen LogP contribution in [0.3, 0.4) is 0 Å². The van der Waals surface area contributed by atoms with E-state index in [0.29, 0.717) is 30.2 Å². The highest BCUT2D eigenvalue weighted by molar-refractivity contribution is 5.98. The smallest absolute Gasteiger partial charge is 0.407 e. The first-order chi connectivity index (χ1) is 18.6. The summed E-state index contributed by atoms with van der Waals surface area (Å²) in [6.45, 7) is 2.89. The number of aromatic nitrogens is 1. The van der Waals surface area contributed by atoms with Crippen LogP contribution in [-0.4, -0.2) is 36.7 Å². The number of pyridine rings is 1. The molecule has 196 valence electrons. The third-order valence-electron chi connectivity index (χ3n) is 6.19. The molecule has 2 amide bonds. The summed E-state index contributed by atoms with van der Waals surface area (Å²) in [5, 5.41) is 7.72. The van der Waals surface area contributed by atoms with Crippen LogP contribution in [0, 0.1) is 0 Å². The van der Waals surface area contributed by atoms with Crippen molar-refractivity contribution in [3.63, 3.8) is 0 Å². The van der Waals surface area contributed by atoms with E-state index in [1.54, 1.807) is 12.4 Å². The van der Waals surface area contributed by atoms with Gasteiger partial charge in [-0.15, -0.1) is 0 Å². The Hall–Kier alpha value is -4.39. The van der Waals surface area contributed by atoms with Gasteiger partial charge < -0.3 is 20.1 Å². The second-order valence-corrected chi connectivity index (χ2v) is 8.97. The van der Waals surface area contributed by atoms with Gasteiger partial charge in [0, 0.05) is 42.0 Å². The number of para-hydroxylation sites is 1. The van der Waals surface area contributed by atoms with Gasteiger partial charge in [-0.1, -0.05) is 67.9 Å². The molecule has 1 unspecified atom stereocenters. The molecule has 3 aromatic carbocycles. The Balaban J connectivity index is 1.51. The molecule has 0 bridgehead atoms. The SMILES string of the molecule is CCCCOC(=O)NCC(C(=O)Nc1ccc2cnccc2c1)c1ccccc1OCCc1ccccc1. The average molecular weight is 512 g/mol. The van der Waals surface area contributed by atoms with E-state index in [0.717, 1.165) is 30.0 Å². The van der Waals surface area contributed by atoms with E-state index in [-0.39, 0.29) is 12.5 Å². The minimum atomic E-state index is -0.699. The highest BCUT2D eigenvalue weighted by Crippen LogP contribution is 2.28. The van der Waals surface area contributed by atoms with Gasteiger partial charge in [0.25, 0.3) is 0 Å². The van der Waals surface area contributed by atoms with Crippen LogP contribution in [0.25, 0.3) is 10.8 Å². The number of anilines is 1. The molecule has 1 atom stereocenters. The van der Waals surface area contributed by atoms with Crippen molar-refractivity contribution in [1.82, 2.24) is 10.3 Å². The number of unbranched alkanes of at least 4 members (excludes halogenated alkanes) is 1. The highest BCUT2D eigenvalue weighted by atomic mass is 16.5. The fraction of sp³-hybridized carbons (Fsp3) is 0.258. The number of fused-ring (bicyclic) bond motifs is 1. The monoisotopic (exact) mass is 511 g/mol. The van der Waals surface area contributed by atoms with Crippen molar-refractivity contribution in [2.24, 2.45) is 0 Å². The van der Waals surface area contributed by atoms with Crippen LogP contribution < -0.4 is 15.4 Å². The van der Waals surface area contributed by atoms with E-state index in [1.807, 2.05) is 73.7 Å². The number of amides is 2. The maximum Gasteiger partial charge on any atom is 0.407 e. The summed E-state index contributed by atoms with van der Waals surface area (Å²) < 4.78 is 11.4. The lowest BCUT2D eigenvalue weighted by Crippen LogP contribution is -2.35. The molecular weight excluding hydrogens is 478 g/mol. The highest BCUT2D eigenvalue weighted by Gasteiger charge is 2.25. The topological polar surface area (TPSA) is 89.5 Å². The molecule has 7 heteroatoms. The van der Waals surface area contributed by atoms with Gasteiger partial charge in [0.15, 0.2) is 0 Å². The fourth-order valence-corrected chi connectivity index (χ4v) is 4.10. The number of ether oxygens (including phenoxy) is 2. The Bertz CT molecular complexity index is 1340. The molecule has 0 spiro atoms. The number of hydrogen-bond donors (Lipinski definition) is 2. The van der Waals surface area contributed by atoms with Gasteiger partial charge in [-0.05, 0) is 41.6 Å². The van der Waals surface area contributed by atoms with Crippen LogP contribution >= 0.6 is 0 Å². The Labute approximate surface area is 223 Å². The maximum absolute atomic E-state index is 13.6. The molecule has 0 fully saturated rings. The second-order valence-electron chi connectivity index (χ2n) is 8.97. The predicted octanol–water partition coefficient (Wildman–Crippen LogP) is 6.10. The number of carbonyl (C=O) groups is 2. The third-order valence-corrected chi connectivity index (χ3v) is 6.19. The van der Waals surface area contributed by atoms with E-state index < -0.39 is 12.0 Å². The molecule has 0 aliphatic carbocycles. The first kappa shape index (κ1) is 26.7. The number of benzene rings is 3. The van der Waals surface area contributed by atoms with Crippen LogP contribution in [0.15, 0.2) is 91.3 Å². The Morgan fingerprint density at radius 1 is 0.921 bits per heavy atom. The van der Waals surface area contributed by atoms with Crippen LogP contribution in [0.2, 0.25) is 0 Å². The summed E-state index contributed by atoms with van der Waals surface area (Å²) >= 11 is 0. The van der Waals surface area contributed by atoms with Crippen LogP contribution in [-0.2, 0) is 16.0 Å². The summed E-state index contributed by atoms with van der Waals surface area (Å²) in [6, 6.07) is 25.1. The molecule has 1 heterocycles. The lowest BCUT2D eigenvalue weighted by atomic mass is 9.96. The van der Waals surface area contributed by atoms with Gasteiger partial charge in [0.2, 0.25) is 5.91 Å². The lowest BCUT2D eigenvalue weighted by molar-refractivity contribution is -0.117. The molecule has 0 radical (unpaired) electrons. The van der Waals surface area contributed by atoms with Crippen LogP contribution in [0.4, 0.5) is 10.5 Å². The van der Waals surface area contributed by atoms with Crippen molar-refractivity contribution in [2.45, 2.75) is 32.1 Å². The molecule has 0 aliphatic rings. The van der Waals surface area contributed by atoms with Crippen molar-refractivity contribution in [2.75, 3.05) is 25.1 Å². The molecule has 4 aromatic rings. The minimum absolute atomic E-state index is 0.0628. The third kappa shape index (κ3) is 7.56. The molecule has 2 N–H and O–H groups in total. The van der Waals surface area contributed by atoms with Crippen molar-refractivity contribution in [1.29, 1.82) is 0 Å². The Kier molecular flexibility index (Phi) is 9.68. The summed E-state index contributed by atoms with van der Waals surface area (Å²) in [5.74, 6) is -0.351. The van der Waals surface area contributed by atoms with Crippen molar-refractivity contribution in [3.8, 4) is 5.75 Å².